The molecule has 1 heterocycles. The van der Waals surface area contributed by atoms with Gasteiger partial charge in [-0.2, -0.15) is 0 Å². The second kappa shape index (κ2) is 7.36. The molecule has 3 nitrogen and oxygen atoms in total. The Balaban J connectivity index is 2.27. The SMILES string of the molecule is CCC(CN)CN(C)CCc1cccnc1. The Hall–Kier alpha value is -0.930. The fourth-order valence-electron chi connectivity index (χ4n) is 1.77. The lowest BCUT2D eigenvalue weighted by atomic mass is 10.1. The summed E-state index contributed by atoms with van der Waals surface area (Å²) in [6.45, 7) is 5.15. The number of hydrogen-bond donors (Lipinski definition) is 1. The maximum absolute atomic E-state index is 5.70. The van der Waals surface area contributed by atoms with Crippen LogP contribution in [0.3, 0.4) is 0 Å². The molecule has 1 aromatic rings. The third kappa shape index (κ3) is 4.73. The predicted molar refractivity (Wildman–Crippen MR) is 68.3 cm³/mol. The second-order valence-corrected chi connectivity index (χ2v) is 4.38. The molecule has 16 heavy (non-hydrogen) atoms. The van der Waals surface area contributed by atoms with Crippen LogP contribution in [0.1, 0.15) is 18.9 Å². The zero-order valence-corrected chi connectivity index (χ0v) is 10.4. The lowest BCUT2D eigenvalue weighted by Gasteiger charge is -2.21. The summed E-state index contributed by atoms with van der Waals surface area (Å²) in [5.41, 5.74) is 7.00. The van der Waals surface area contributed by atoms with E-state index in [0.717, 1.165) is 32.5 Å². The molecule has 0 aliphatic heterocycles. The maximum atomic E-state index is 5.70. The summed E-state index contributed by atoms with van der Waals surface area (Å²) < 4.78 is 0. The summed E-state index contributed by atoms with van der Waals surface area (Å²) in [5.74, 6) is 0.624. The van der Waals surface area contributed by atoms with E-state index in [2.05, 4.69) is 29.9 Å². The molecular formula is C13H23N3. The molecule has 1 unspecified atom stereocenters. The Labute approximate surface area is 98.7 Å². The van der Waals surface area contributed by atoms with Crippen molar-refractivity contribution in [1.29, 1.82) is 0 Å². The summed E-state index contributed by atoms with van der Waals surface area (Å²) in [6.07, 6.45) is 5.97. The summed E-state index contributed by atoms with van der Waals surface area (Å²) in [6, 6.07) is 4.12. The third-order valence-electron chi connectivity index (χ3n) is 2.99. The van der Waals surface area contributed by atoms with E-state index >= 15 is 0 Å². The van der Waals surface area contributed by atoms with E-state index in [4.69, 9.17) is 5.73 Å². The number of likely N-dealkylation sites (N-methyl/N-ethyl adjacent to an activating group) is 1. The fraction of sp³-hybridized carbons (Fsp3) is 0.615. The van der Waals surface area contributed by atoms with Gasteiger partial charge in [0.2, 0.25) is 0 Å². The molecule has 0 bridgehead atoms. The molecule has 1 aromatic heterocycles. The standard InChI is InChI=1S/C13H23N3/c1-3-12(9-14)11-16(2)8-6-13-5-4-7-15-10-13/h4-5,7,10,12H,3,6,8-9,11,14H2,1-2H3. The quantitative estimate of drug-likeness (QED) is 0.759. The molecule has 0 saturated heterocycles. The van der Waals surface area contributed by atoms with Crippen LogP contribution < -0.4 is 5.73 Å². The van der Waals surface area contributed by atoms with Crippen LogP contribution in [-0.2, 0) is 6.42 Å². The highest BCUT2D eigenvalue weighted by Crippen LogP contribution is 2.04. The van der Waals surface area contributed by atoms with Gasteiger partial charge in [0, 0.05) is 25.5 Å². The third-order valence-corrected chi connectivity index (χ3v) is 2.99. The second-order valence-electron chi connectivity index (χ2n) is 4.38. The van der Waals surface area contributed by atoms with Crippen molar-refractivity contribution in [1.82, 2.24) is 9.88 Å². The summed E-state index contributed by atoms with van der Waals surface area (Å²) in [7, 11) is 2.16. The summed E-state index contributed by atoms with van der Waals surface area (Å²) in [4.78, 5) is 6.47. The Bertz CT molecular complexity index is 270. The van der Waals surface area contributed by atoms with Gasteiger partial charge in [-0.3, -0.25) is 4.98 Å². The highest BCUT2D eigenvalue weighted by molar-refractivity contribution is 5.08. The molecule has 3 heteroatoms. The van der Waals surface area contributed by atoms with E-state index in [-0.39, 0.29) is 0 Å². The molecule has 0 aliphatic carbocycles. The number of hydrogen-bond acceptors (Lipinski definition) is 3. The molecular weight excluding hydrogens is 198 g/mol. The molecule has 1 rings (SSSR count). The topological polar surface area (TPSA) is 42.1 Å². The molecule has 2 N–H and O–H groups in total. The van der Waals surface area contributed by atoms with Crippen molar-refractivity contribution in [2.24, 2.45) is 11.7 Å². The van der Waals surface area contributed by atoms with Gasteiger partial charge in [-0.15, -0.1) is 0 Å². The van der Waals surface area contributed by atoms with Gasteiger partial charge in [0.05, 0.1) is 0 Å². The largest absolute Gasteiger partial charge is 0.330 e. The van der Waals surface area contributed by atoms with E-state index in [1.54, 1.807) is 0 Å². The first-order chi connectivity index (χ1) is 7.76. The van der Waals surface area contributed by atoms with Crippen LogP contribution >= 0.6 is 0 Å². The number of nitrogens with zero attached hydrogens (tertiary/aromatic N) is 2. The minimum absolute atomic E-state index is 0.624. The van der Waals surface area contributed by atoms with Crippen LogP contribution in [0.2, 0.25) is 0 Å². The highest BCUT2D eigenvalue weighted by Gasteiger charge is 2.07. The van der Waals surface area contributed by atoms with Crippen molar-refractivity contribution in [3.63, 3.8) is 0 Å². The van der Waals surface area contributed by atoms with Gasteiger partial charge in [-0.25, -0.2) is 0 Å². The van der Waals surface area contributed by atoms with E-state index in [1.165, 1.54) is 5.56 Å². The monoisotopic (exact) mass is 221 g/mol. The van der Waals surface area contributed by atoms with Crippen molar-refractivity contribution < 1.29 is 0 Å². The Morgan fingerprint density at radius 1 is 1.50 bits per heavy atom. The first kappa shape index (κ1) is 13.1. The van der Waals surface area contributed by atoms with Crippen LogP contribution in [0.4, 0.5) is 0 Å². The molecule has 0 amide bonds. The van der Waals surface area contributed by atoms with Crippen molar-refractivity contribution in [2.45, 2.75) is 19.8 Å². The molecule has 0 radical (unpaired) electrons. The van der Waals surface area contributed by atoms with Gasteiger partial charge in [-0.1, -0.05) is 19.4 Å². The van der Waals surface area contributed by atoms with Gasteiger partial charge < -0.3 is 10.6 Å². The van der Waals surface area contributed by atoms with Crippen LogP contribution in [-0.4, -0.2) is 36.6 Å². The van der Waals surface area contributed by atoms with Gasteiger partial charge in [0.1, 0.15) is 0 Å². The summed E-state index contributed by atoms with van der Waals surface area (Å²) >= 11 is 0. The van der Waals surface area contributed by atoms with Crippen molar-refractivity contribution in [3.8, 4) is 0 Å². The lowest BCUT2D eigenvalue weighted by molar-refractivity contribution is 0.277. The van der Waals surface area contributed by atoms with E-state index in [1.807, 2.05) is 18.5 Å². The van der Waals surface area contributed by atoms with Crippen LogP contribution in [0.5, 0.6) is 0 Å². The zero-order valence-electron chi connectivity index (χ0n) is 10.4. The minimum Gasteiger partial charge on any atom is -0.330 e. The van der Waals surface area contributed by atoms with E-state index < -0.39 is 0 Å². The number of aromatic nitrogens is 1. The molecule has 0 saturated carbocycles. The molecule has 90 valence electrons. The molecule has 1 atom stereocenters. The van der Waals surface area contributed by atoms with Gasteiger partial charge >= 0.3 is 0 Å². The van der Waals surface area contributed by atoms with E-state index in [9.17, 15) is 0 Å². The van der Waals surface area contributed by atoms with Gasteiger partial charge in [-0.05, 0) is 37.6 Å². The van der Waals surface area contributed by atoms with Crippen molar-refractivity contribution in [3.05, 3.63) is 30.1 Å². The van der Waals surface area contributed by atoms with Crippen molar-refractivity contribution >= 4 is 0 Å². The zero-order chi connectivity index (χ0) is 11.8. The molecule has 0 spiro atoms. The molecule has 0 fully saturated rings. The first-order valence-electron chi connectivity index (χ1n) is 6.03. The molecule has 0 aliphatic rings. The van der Waals surface area contributed by atoms with Gasteiger partial charge in [0.25, 0.3) is 0 Å². The Kier molecular flexibility index (Phi) is 6.04. The number of nitrogens with two attached hydrogens (primary N) is 1. The van der Waals surface area contributed by atoms with Crippen LogP contribution in [0.15, 0.2) is 24.5 Å². The Morgan fingerprint density at radius 3 is 2.88 bits per heavy atom. The smallest absolute Gasteiger partial charge is 0.0300 e. The number of pyridine rings is 1. The van der Waals surface area contributed by atoms with Gasteiger partial charge in [0.15, 0.2) is 0 Å². The minimum atomic E-state index is 0.624. The first-order valence-corrected chi connectivity index (χ1v) is 6.03. The fourth-order valence-corrected chi connectivity index (χ4v) is 1.77. The Morgan fingerprint density at radius 2 is 2.31 bits per heavy atom. The normalized spacial score (nSPS) is 13.0. The number of rotatable bonds is 7. The maximum Gasteiger partial charge on any atom is 0.0300 e. The average Bonchev–Trinajstić information content (AvgIpc) is 2.34. The van der Waals surface area contributed by atoms with Crippen LogP contribution in [0, 0.1) is 5.92 Å². The average molecular weight is 221 g/mol. The highest BCUT2D eigenvalue weighted by atomic mass is 15.1. The lowest BCUT2D eigenvalue weighted by Crippen LogP contribution is -2.31. The van der Waals surface area contributed by atoms with Crippen molar-refractivity contribution in [2.75, 3.05) is 26.7 Å². The van der Waals surface area contributed by atoms with E-state index in [0.29, 0.717) is 5.92 Å². The van der Waals surface area contributed by atoms with Crippen LogP contribution in [0.25, 0.3) is 0 Å². The predicted octanol–water partition coefficient (Wildman–Crippen LogP) is 1.54. The molecule has 0 aromatic carbocycles. The summed E-state index contributed by atoms with van der Waals surface area (Å²) in [5, 5.41) is 0.